The number of rotatable bonds is 4. The molecule has 0 unspecified atom stereocenters. The van der Waals surface area contributed by atoms with Gasteiger partial charge >= 0.3 is 5.97 Å². The van der Waals surface area contributed by atoms with Crippen molar-refractivity contribution in [2.75, 3.05) is 0 Å². The molecule has 0 fully saturated rings. The molecule has 0 saturated heterocycles. The summed E-state index contributed by atoms with van der Waals surface area (Å²) in [5.41, 5.74) is 3.51. The van der Waals surface area contributed by atoms with Crippen LogP contribution in [0.3, 0.4) is 0 Å². The average molecular weight is 307 g/mol. The topological polar surface area (TPSA) is 52.3 Å². The summed E-state index contributed by atoms with van der Waals surface area (Å²) >= 11 is 0. The molecule has 0 N–H and O–H groups in total. The van der Waals surface area contributed by atoms with E-state index in [1.807, 2.05) is 49.4 Å². The van der Waals surface area contributed by atoms with Crippen LogP contribution in [-0.2, 0) is 11.2 Å². The van der Waals surface area contributed by atoms with Gasteiger partial charge in [0.1, 0.15) is 11.3 Å². The Morgan fingerprint density at radius 1 is 1.26 bits per heavy atom. The van der Waals surface area contributed by atoms with E-state index in [-0.39, 0.29) is 0 Å². The summed E-state index contributed by atoms with van der Waals surface area (Å²) in [5, 5.41) is 0. The molecule has 23 heavy (non-hydrogen) atoms. The molecular formula is C19H17NO3. The molecule has 0 aliphatic carbocycles. The minimum Gasteiger partial charge on any atom is -0.436 e. The highest BCUT2D eigenvalue weighted by atomic mass is 16.5. The largest absolute Gasteiger partial charge is 0.436 e. The maximum Gasteiger partial charge on any atom is 0.338 e. The number of hydrogen-bond donors (Lipinski definition) is 0. The third-order valence-electron chi connectivity index (χ3n) is 3.53. The monoisotopic (exact) mass is 307 g/mol. The number of carbonyl (C=O) groups excluding carboxylic acids is 1. The van der Waals surface area contributed by atoms with Crippen molar-refractivity contribution in [3.63, 3.8) is 0 Å². The number of aryl methyl sites for hydroxylation is 1. The molecule has 1 aromatic heterocycles. The maximum atomic E-state index is 11.9. The van der Waals surface area contributed by atoms with E-state index >= 15 is 0 Å². The summed E-state index contributed by atoms with van der Waals surface area (Å²) in [5.74, 6) is 0.401. The Balaban J connectivity index is 2.09. The van der Waals surface area contributed by atoms with Gasteiger partial charge in [0.15, 0.2) is 5.58 Å². The normalized spacial score (nSPS) is 10.7. The number of oxazole rings is 1. The zero-order valence-corrected chi connectivity index (χ0v) is 13.1. The number of aromatic nitrogens is 1. The SMILES string of the molecule is C=C(C)C(=O)Oc1cc(CC)ccc1-c1nc2ccccc2o1. The Kier molecular flexibility index (Phi) is 3.98. The Bertz CT molecular complexity index is 860. The van der Waals surface area contributed by atoms with Gasteiger partial charge in [-0.1, -0.05) is 31.7 Å². The van der Waals surface area contributed by atoms with Crippen LogP contribution in [-0.4, -0.2) is 11.0 Å². The number of hydrogen-bond acceptors (Lipinski definition) is 4. The molecule has 0 spiro atoms. The third kappa shape index (κ3) is 3.01. The Morgan fingerprint density at radius 3 is 2.74 bits per heavy atom. The molecule has 0 amide bonds. The number of carbonyl (C=O) groups is 1. The fraction of sp³-hybridized carbons (Fsp3) is 0.158. The molecule has 1 heterocycles. The quantitative estimate of drug-likeness (QED) is 0.403. The van der Waals surface area contributed by atoms with Crippen molar-refractivity contribution in [3.05, 3.63) is 60.2 Å². The van der Waals surface area contributed by atoms with Crippen molar-refractivity contribution in [3.8, 4) is 17.2 Å². The van der Waals surface area contributed by atoms with Crippen molar-refractivity contribution < 1.29 is 13.9 Å². The van der Waals surface area contributed by atoms with E-state index in [4.69, 9.17) is 9.15 Å². The lowest BCUT2D eigenvalue weighted by molar-refractivity contribution is -0.130. The van der Waals surface area contributed by atoms with E-state index in [0.717, 1.165) is 17.5 Å². The van der Waals surface area contributed by atoms with Gasteiger partial charge in [0.2, 0.25) is 5.89 Å². The van der Waals surface area contributed by atoms with Crippen LogP contribution in [0.25, 0.3) is 22.6 Å². The Hall–Kier alpha value is -2.88. The molecule has 0 aliphatic rings. The first-order valence-corrected chi connectivity index (χ1v) is 7.45. The fourth-order valence-corrected chi connectivity index (χ4v) is 2.22. The van der Waals surface area contributed by atoms with Crippen LogP contribution in [0.5, 0.6) is 5.75 Å². The van der Waals surface area contributed by atoms with Crippen LogP contribution < -0.4 is 4.74 Å². The third-order valence-corrected chi connectivity index (χ3v) is 3.53. The molecule has 0 bridgehead atoms. The molecule has 2 aromatic carbocycles. The summed E-state index contributed by atoms with van der Waals surface area (Å²) in [7, 11) is 0. The van der Waals surface area contributed by atoms with Crippen molar-refractivity contribution in [1.29, 1.82) is 0 Å². The van der Waals surface area contributed by atoms with Crippen molar-refractivity contribution in [2.45, 2.75) is 20.3 Å². The molecule has 3 aromatic rings. The van der Waals surface area contributed by atoms with Gasteiger partial charge < -0.3 is 9.15 Å². The van der Waals surface area contributed by atoms with Crippen molar-refractivity contribution in [2.24, 2.45) is 0 Å². The van der Waals surface area contributed by atoms with Crippen LogP contribution in [0.1, 0.15) is 19.4 Å². The molecule has 4 nitrogen and oxygen atoms in total. The van der Waals surface area contributed by atoms with Crippen LogP contribution >= 0.6 is 0 Å². The Morgan fingerprint density at radius 2 is 2.04 bits per heavy atom. The number of esters is 1. The van der Waals surface area contributed by atoms with Crippen LogP contribution in [0.2, 0.25) is 0 Å². The zero-order chi connectivity index (χ0) is 16.4. The van der Waals surface area contributed by atoms with E-state index < -0.39 is 5.97 Å². The Labute approximate surface area is 134 Å². The first kappa shape index (κ1) is 15.0. The van der Waals surface area contributed by atoms with Crippen molar-refractivity contribution >= 4 is 17.1 Å². The zero-order valence-electron chi connectivity index (χ0n) is 13.1. The first-order chi connectivity index (χ1) is 11.1. The summed E-state index contributed by atoms with van der Waals surface area (Å²) in [6.45, 7) is 7.27. The average Bonchev–Trinajstić information content (AvgIpc) is 2.98. The summed E-state index contributed by atoms with van der Waals surface area (Å²) in [6, 6.07) is 13.2. The predicted octanol–water partition coefficient (Wildman–Crippen LogP) is 4.54. The van der Waals surface area contributed by atoms with E-state index in [2.05, 4.69) is 11.6 Å². The lowest BCUT2D eigenvalue weighted by Gasteiger charge is -2.09. The van der Waals surface area contributed by atoms with Gasteiger partial charge in [-0.3, -0.25) is 0 Å². The van der Waals surface area contributed by atoms with Crippen LogP contribution in [0.15, 0.2) is 59.0 Å². The van der Waals surface area contributed by atoms with Crippen LogP contribution in [0.4, 0.5) is 0 Å². The van der Waals surface area contributed by atoms with Gasteiger partial charge in [-0.2, -0.15) is 0 Å². The molecule has 0 radical (unpaired) electrons. The van der Waals surface area contributed by atoms with Gasteiger partial charge in [-0.05, 0) is 43.2 Å². The lowest BCUT2D eigenvalue weighted by atomic mass is 10.1. The van der Waals surface area contributed by atoms with E-state index in [1.54, 1.807) is 6.92 Å². The highest BCUT2D eigenvalue weighted by molar-refractivity contribution is 5.90. The molecule has 0 saturated carbocycles. The van der Waals surface area contributed by atoms with Gasteiger partial charge in [0, 0.05) is 5.57 Å². The molecule has 116 valence electrons. The lowest BCUT2D eigenvalue weighted by Crippen LogP contribution is -2.09. The maximum absolute atomic E-state index is 11.9. The number of benzene rings is 2. The molecule has 0 aliphatic heterocycles. The van der Waals surface area contributed by atoms with Gasteiger partial charge in [0.25, 0.3) is 0 Å². The molecule has 4 heteroatoms. The summed E-state index contributed by atoms with van der Waals surface area (Å²) in [4.78, 5) is 16.4. The summed E-state index contributed by atoms with van der Waals surface area (Å²) in [6.07, 6.45) is 0.839. The van der Waals surface area contributed by atoms with Gasteiger partial charge in [0.05, 0.1) is 5.56 Å². The molecule has 0 atom stereocenters. The summed E-state index contributed by atoms with van der Waals surface area (Å²) < 4.78 is 11.2. The van der Waals surface area contributed by atoms with Gasteiger partial charge in [-0.25, -0.2) is 9.78 Å². The fourth-order valence-electron chi connectivity index (χ4n) is 2.22. The standard InChI is InChI=1S/C19H17NO3/c1-4-13-9-10-14(17(11-13)23-19(21)12(2)3)18-20-15-7-5-6-8-16(15)22-18/h5-11H,2,4H2,1,3H3. The first-order valence-electron chi connectivity index (χ1n) is 7.45. The molecular weight excluding hydrogens is 290 g/mol. The van der Waals surface area contributed by atoms with Crippen LogP contribution in [0, 0.1) is 0 Å². The number of para-hydroxylation sites is 2. The predicted molar refractivity (Wildman–Crippen MR) is 89.3 cm³/mol. The number of ether oxygens (including phenoxy) is 1. The second-order valence-electron chi connectivity index (χ2n) is 5.34. The smallest absolute Gasteiger partial charge is 0.338 e. The van der Waals surface area contributed by atoms with E-state index in [9.17, 15) is 4.79 Å². The highest BCUT2D eigenvalue weighted by Crippen LogP contribution is 2.33. The minimum atomic E-state index is -0.462. The molecule has 3 rings (SSSR count). The van der Waals surface area contributed by atoms with Gasteiger partial charge in [-0.15, -0.1) is 0 Å². The van der Waals surface area contributed by atoms with Crippen molar-refractivity contribution in [1.82, 2.24) is 4.98 Å². The second-order valence-corrected chi connectivity index (χ2v) is 5.34. The number of fused-ring (bicyclic) bond motifs is 1. The second kappa shape index (κ2) is 6.08. The number of nitrogens with zero attached hydrogens (tertiary/aromatic N) is 1. The minimum absolute atomic E-state index is 0.343. The highest BCUT2D eigenvalue weighted by Gasteiger charge is 2.16. The van der Waals surface area contributed by atoms with E-state index in [0.29, 0.717) is 28.4 Å². The van der Waals surface area contributed by atoms with E-state index in [1.165, 1.54) is 0 Å².